The maximum Gasteiger partial charge on any atom is 0.145 e. The van der Waals surface area contributed by atoms with Crippen LogP contribution in [-0.4, -0.2) is 29.2 Å². The fourth-order valence-electron chi connectivity index (χ4n) is 1.45. The molecule has 0 bridgehead atoms. The second kappa shape index (κ2) is 5.09. The van der Waals surface area contributed by atoms with Gasteiger partial charge in [0, 0.05) is 13.2 Å². The molecular weight excluding hydrogens is 206 g/mol. The summed E-state index contributed by atoms with van der Waals surface area (Å²) < 4.78 is 5.12. The summed E-state index contributed by atoms with van der Waals surface area (Å²) in [5.41, 5.74) is 2.31. The van der Waals surface area contributed by atoms with E-state index < -0.39 is 0 Å². The van der Waals surface area contributed by atoms with Crippen molar-refractivity contribution >= 4 is 11.6 Å². The first kappa shape index (κ1) is 12.7. The number of hydrazine groups is 1. The number of aromatic nitrogens is 2. The smallest absolute Gasteiger partial charge is 0.145 e. The lowest BCUT2D eigenvalue weighted by molar-refractivity contribution is 0.158. The minimum Gasteiger partial charge on any atom is -0.382 e. The van der Waals surface area contributed by atoms with Crippen molar-refractivity contribution in [3.63, 3.8) is 0 Å². The van der Waals surface area contributed by atoms with Gasteiger partial charge in [-0.1, -0.05) is 0 Å². The quantitative estimate of drug-likeness (QED) is 0.510. The summed E-state index contributed by atoms with van der Waals surface area (Å²) in [6.45, 7) is 6.46. The average Bonchev–Trinajstić information content (AvgIpc) is 2.15. The zero-order valence-corrected chi connectivity index (χ0v) is 10.2. The van der Waals surface area contributed by atoms with Crippen molar-refractivity contribution in [2.24, 2.45) is 5.84 Å². The molecule has 1 rings (SSSR count). The standard InChI is InChI=1S/C10H19N5O/c1-7-12-8(5-9(13-7)15-11)14-10(2,3)6-16-4/h5H,6,11H2,1-4H3,(H2,12,13,14,15). The third-order valence-corrected chi connectivity index (χ3v) is 1.96. The molecule has 0 aromatic carbocycles. The number of nitrogens with one attached hydrogen (secondary N) is 2. The molecule has 16 heavy (non-hydrogen) atoms. The molecule has 6 nitrogen and oxygen atoms in total. The van der Waals surface area contributed by atoms with Crippen LogP contribution in [0.15, 0.2) is 6.07 Å². The topological polar surface area (TPSA) is 85.1 Å². The van der Waals surface area contributed by atoms with Gasteiger partial charge in [0.2, 0.25) is 0 Å². The van der Waals surface area contributed by atoms with Gasteiger partial charge in [-0.15, -0.1) is 0 Å². The van der Waals surface area contributed by atoms with Gasteiger partial charge in [0.05, 0.1) is 12.1 Å². The Balaban J connectivity index is 2.84. The molecule has 0 spiro atoms. The number of nitrogens with zero attached hydrogens (tertiary/aromatic N) is 2. The van der Waals surface area contributed by atoms with E-state index >= 15 is 0 Å². The van der Waals surface area contributed by atoms with Crippen LogP contribution >= 0.6 is 0 Å². The molecule has 1 heterocycles. The van der Waals surface area contributed by atoms with Gasteiger partial charge in [-0.3, -0.25) is 0 Å². The van der Waals surface area contributed by atoms with Crippen LogP contribution in [0.3, 0.4) is 0 Å². The predicted octanol–water partition coefficient (Wildman–Crippen LogP) is 0.908. The Kier molecular flexibility index (Phi) is 4.03. The fraction of sp³-hybridized carbons (Fsp3) is 0.600. The lowest BCUT2D eigenvalue weighted by atomic mass is 10.1. The van der Waals surface area contributed by atoms with Gasteiger partial charge < -0.3 is 15.5 Å². The van der Waals surface area contributed by atoms with Crippen LogP contribution in [0.2, 0.25) is 0 Å². The molecule has 1 aromatic heterocycles. The lowest BCUT2D eigenvalue weighted by Gasteiger charge is -2.26. The minimum absolute atomic E-state index is 0.193. The number of hydrogen-bond donors (Lipinski definition) is 3. The van der Waals surface area contributed by atoms with Gasteiger partial charge in [0.1, 0.15) is 17.5 Å². The van der Waals surface area contributed by atoms with E-state index in [0.717, 1.165) is 5.82 Å². The van der Waals surface area contributed by atoms with E-state index in [-0.39, 0.29) is 5.54 Å². The van der Waals surface area contributed by atoms with Crippen LogP contribution in [0.1, 0.15) is 19.7 Å². The molecule has 0 unspecified atom stereocenters. The number of nitrogens with two attached hydrogens (primary N) is 1. The van der Waals surface area contributed by atoms with Gasteiger partial charge >= 0.3 is 0 Å². The van der Waals surface area contributed by atoms with Gasteiger partial charge in [0.25, 0.3) is 0 Å². The van der Waals surface area contributed by atoms with Crippen molar-refractivity contribution in [1.82, 2.24) is 9.97 Å². The summed E-state index contributed by atoms with van der Waals surface area (Å²) in [6.07, 6.45) is 0. The maximum absolute atomic E-state index is 5.32. The molecule has 0 aliphatic heterocycles. The van der Waals surface area contributed by atoms with Crippen molar-refractivity contribution in [2.75, 3.05) is 24.5 Å². The average molecular weight is 225 g/mol. The molecule has 0 fully saturated rings. The molecule has 0 aliphatic rings. The van der Waals surface area contributed by atoms with Crippen LogP contribution < -0.4 is 16.6 Å². The van der Waals surface area contributed by atoms with Crippen LogP contribution in [-0.2, 0) is 4.74 Å². The van der Waals surface area contributed by atoms with Crippen LogP contribution in [0.4, 0.5) is 11.6 Å². The second-order valence-corrected chi connectivity index (χ2v) is 4.27. The molecule has 6 heteroatoms. The number of rotatable bonds is 5. The van der Waals surface area contributed by atoms with E-state index in [9.17, 15) is 0 Å². The Morgan fingerprint density at radius 1 is 1.38 bits per heavy atom. The second-order valence-electron chi connectivity index (χ2n) is 4.27. The highest BCUT2D eigenvalue weighted by atomic mass is 16.5. The first-order valence-electron chi connectivity index (χ1n) is 5.06. The number of nitrogen functional groups attached to an aromatic ring is 1. The van der Waals surface area contributed by atoms with E-state index in [1.165, 1.54) is 0 Å². The lowest BCUT2D eigenvalue weighted by Crippen LogP contribution is -2.36. The number of anilines is 2. The number of hydrogen-bond acceptors (Lipinski definition) is 6. The summed E-state index contributed by atoms with van der Waals surface area (Å²) >= 11 is 0. The number of methoxy groups -OCH3 is 1. The minimum atomic E-state index is -0.193. The molecule has 0 saturated carbocycles. The first-order valence-corrected chi connectivity index (χ1v) is 5.06. The number of ether oxygens (including phenoxy) is 1. The molecule has 0 aliphatic carbocycles. The summed E-state index contributed by atoms with van der Waals surface area (Å²) in [6, 6.07) is 1.75. The fourth-order valence-corrected chi connectivity index (χ4v) is 1.45. The SMILES string of the molecule is COCC(C)(C)Nc1cc(NN)nc(C)n1. The molecule has 0 saturated heterocycles. The highest BCUT2D eigenvalue weighted by Gasteiger charge is 2.18. The molecule has 0 radical (unpaired) electrons. The van der Waals surface area contributed by atoms with Crippen molar-refractivity contribution in [1.29, 1.82) is 0 Å². The zero-order valence-electron chi connectivity index (χ0n) is 10.2. The van der Waals surface area contributed by atoms with E-state index in [2.05, 4.69) is 20.7 Å². The van der Waals surface area contributed by atoms with Crippen LogP contribution in [0, 0.1) is 6.92 Å². The zero-order chi connectivity index (χ0) is 12.2. The van der Waals surface area contributed by atoms with Gasteiger partial charge in [0.15, 0.2) is 0 Å². The van der Waals surface area contributed by atoms with Gasteiger partial charge in [-0.2, -0.15) is 0 Å². The Morgan fingerprint density at radius 2 is 2.00 bits per heavy atom. The number of aryl methyl sites for hydroxylation is 1. The normalized spacial score (nSPS) is 11.3. The van der Waals surface area contributed by atoms with E-state index in [1.807, 2.05) is 20.8 Å². The van der Waals surface area contributed by atoms with E-state index in [1.54, 1.807) is 13.2 Å². The maximum atomic E-state index is 5.32. The highest BCUT2D eigenvalue weighted by molar-refractivity contribution is 5.48. The van der Waals surface area contributed by atoms with Crippen molar-refractivity contribution in [3.05, 3.63) is 11.9 Å². The monoisotopic (exact) mass is 225 g/mol. The largest absolute Gasteiger partial charge is 0.382 e. The molecule has 4 N–H and O–H groups in total. The van der Waals surface area contributed by atoms with Gasteiger partial charge in [-0.05, 0) is 20.8 Å². The molecular formula is C10H19N5O. The van der Waals surface area contributed by atoms with Gasteiger partial charge in [-0.25, -0.2) is 15.8 Å². The third kappa shape index (κ3) is 3.63. The Hall–Kier alpha value is -1.40. The molecule has 90 valence electrons. The van der Waals surface area contributed by atoms with Crippen molar-refractivity contribution < 1.29 is 4.74 Å². The van der Waals surface area contributed by atoms with E-state index in [4.69, 9.17) is 10.6 Å². The predicted molar refractivity (Wildman–Crippen MR) is 64.2 cm³/mol. The summed E-state index contributed by atoms with van der Waals surface area (Å²) in [5.74, 6) is 7.29. The summed E-state index contributed by atoms with van der Waals surface area (Å²) in [4.78, 5) is 8.39. The summed E-state index contributed by atoms with van der Waals surface area (Å²) in [7, 11) is 1.67. The highest BCUT2D eigenvalue weighted by Crippen LogP contribution is 2.15. The van der Waals surface area contributed by atoms with Crippen LogP contribution in [0.25, 0.3) is 0 Å². The Labute approximate surface area is 95.6 Å². The molecule has 0 amide bonds. The molecule has 1 aromatic rings. The van der Waals surface area contributed by atoms with E-state index in [0.29, 0.717) is 18.2 Å². The first-order chi connectivity index (χ1) is 7.46. The summed E-state index contributed by atoms with van der Waals surface area (Å²) in [5, 5.41) is 3.26. The third-order valence-electron chi connectivity index (χ3n) is 1.96. The Bertz CT molecular complexity index is 353. The Morgan fingerprint density at radius 3 is 2.56 bits per heavy atom. The van der Waals surface area contributed by atoms with Crippen molar-refractivity contribution in [2.45, 2.75) is 26.3 Å². The molecule has 0 atom stereocenters. The van der Waals surface area contributed by atoms with Crippen LogP contribution in [0.5, 0.6) is 0 Å². The van der Waals surface area contributed by atoms with Crippen molar-refractivity contribution in [3.8, 4) is 0 Å².